The van der Waals surface area contributed by atoms with Crippen molar-refractivity contribution in [2.45, 2.75) is 13.5 Å². The smallest absolute Gasteiger partial charge is 0.257 e. The van der Waals surface area contributed by atoms with Gasteiger partial charge in [-0.25, -0.2) is 0 Å². The minimum absolute atomic E-state index is 0.178. The van der Waals surface area contributed by atoms with Gasteiger partial charge in [0.2, 0.25) is 11.7 Å². The third kappa shape index (κ3) is 4.25. The molecule has 0 radical (unpaired) electrons. The molecule has 7 heteroatoms. The second-order valence-electron chi connectivity index (χ2n) is 5.83. The van der Waals surface area contributed by atoms with Crippen molar-refractivity contribution in [3.05, 3.63) is 60.0 Å². The van der Waals surface area contributed by atoms with E-state index < -0.39 is 0 Å². The molecule has 0 fully saturated rings. The third-order valence-corrected chi connectivity index (χ3v) is 3.95. The Morgan fingerprint density at radius 2 is 1.89 bits per heavy atom. The van der Waals surface area contributed by atoms with E-state index in [1.807, 2.05) is 37.3 Å². The Morgan fingerprint density at radius 1 is 1.15 bits per heavy atom. The molecule has 0 unspecified atom stereocenters. The largest absolute Gasteiger partial charge is 0.497 e. The Kier molecular flexibility index (Phi) is 5.71. The van der Waals surface area contributed by atoms with E-state index in [4.69, 9.17) is 14.0 Å². The number of ether oxygens (including phenoxy) is 2. The Balaban J connectivity index is 1.72. The van der Waals surface area contributed by atoms with Crippen LogP contribution in [0, 0.1) is 0 Å². The van der Waals surface area contributed by atoms with Crippen LogP contribution in [0.25, 0.3) is 11.4 Å². The van der Waals surface area contributed by atoms with Gasteiger partial charge in [0, 0.05) is 12.6 Å². The van der Waals surface area contributed by atoms with Crippen LogP contribution < -0.4 is 9.47 Å². The summed E-state index contributed by atoms with van der Waals surface area (Å²) in [4.78, 5) is 18.6. The zero-order valence-corrected chi connectivity index (χ0v) is 15.5. The summed E-state index contributed by atoms with van der Waals surface area (Å²) in [6, 6.07) is 14.5. The predicted octanol–water partition coefficient (Wildman–Crippen LogP) is 3.42. The number of carbonyl (C=O) groups excluding carboxylic acids is 1. The lowest BCUT2D eigenvalue weighted by molar-refractivity contribution is 0.0765. The molecule has 1 amide bonds. The number of amides is 1. The quantitative estimate of drug-likeness (QED) is 0.637. The first kappa shape index (κ1) is 18.4. The molecule has 27 heavy (non-hydrogen) atoms. The Hall–Kier alpha value is -3.35. The summed E-state index contributed by atoms with van der Waals surface area (Å²) >= 11 is 0. The summed E-state index contributed by atoms with van der Waals surface area (Å²) in [6.45, 7) is 2.56. The standard InChI is InChI=1S/C20H21N3O4/c1-4-26-17-8-6-5-7-16(17)20(24)23(2)13-18-21-19(22-27-18)14-9-11-15(25-3)12-10-14/h5-12H,4,13H2,1-3H3. The maximum atomic E-state index is 12.7. The maximum absolute atomic E-state index is 12.7. The van der Waals surface area contributed by atoms with Gasteiger partial charge in [0.05, 0.1) is 19.3 Å². The molecule has 0 spiro atoms. The van der Waals surface area contributed by atoms with Crippen molar-refractivity contribution >= 4 is 5.91 Å². The Morgan fingerprint density at radius 3 is 2.59 bits per heavy atom. The van der Waals surface area contributed by atoms with Crippen molar-refractivity contribution < 1.29 is 18.8 Å². The van der Waals surface area contributed by atoms with Crippen LogP contribution in [0.2, 0.25) is 0 Å². The summed E-state index contributed by atoms with van der Waals surface area (Å²) in [7, 11) is 3.29. The van der Waals surface area contributed by atoms with E-state index in [0.29, 0.717) is 29.6 Å². The van der Waals surface area contributed by atoms with Crippen molar-refractivity contribution in [2.75, 3.05) is 20.8 Å². The molecule has 0 aliphatic carbocycles. The van der Waals surface area contributed by atoms with Gasteiger partial charge in [0.25, 0.3) is 5.91 Å². The van der Waals surface area contributed by atoms with Gasteiger partial charge in [-0.1, -0.05) is 17.3 Å². The molecular weight excluding hydrogens is 346 g/mol. The number of para-hydroxylation sites is 1. The summed E-state index contributed by atoms with van der Waals surface area (Å²) in [5, 5.41) is 3.98. The van der Waals surface area contributed by atoms with E-state index in [9.17, 15) is 4.79 Å². The fourth-order valence-corrected chi connectivity index (χ4v) is 2.58. The molecule has 7 nitrogen and oxygen atoms in total. The van der Waals surface area contributed by atoms with E-state index in [1.165, 1.54) is 4.90 Å². The highest BCUT2D eigenvalue weighted by molar-refractivity contribution is 5.96. The second-order valence-corrected chi connectivity index (χ2v) is 5.83. The molecule has 2 aromatic carbocycles. The van der Waals surface area contributed by atoms with Gasteiger partial charge >= 0.3 is 0 Å². The summed E-state index contributed by atoms with van der Waals surface area (Å²) in [6.07, 6.45) is 0. The van der Waals surface area contributed by atoms with Crippen molar-refractivity contribution in [1.82, 2.24) is 15.0 Å². The molecule has 0 N–H and O–H groups in total. The summed E-state index contributed by atoms with van der Waals surface area (Å²) in [5.41, 5.74) is 1.30. The summed E-state index contributed by atoms with van der Waals surface area (Å²) in [5.74, 6) is 1.94. The van der Waals surface area contributed by atoms with Crippen LogP contribution >= 0.6 is 0 Å². The average molecular weight is 367 g/mol. The first-order valence-corrected chi connectivity index (χ1v) is 8.56. The minimum Gasteiger partial charge on any atom is -0.497 e. The molecule has 0 saturated carbocycles. The molecule has 0 aliphatic heterocycles. The second kappa shape index (κ2) is 8.35. The number of rotatable bonds is 7. The van der Waals surface area contributed by atoms with Crippen LogP contribution in [0.5, 0.6) is 11.5 Å². The van der Waals surface area contributed by atoms with Crippen molar-refractivity contribution in [3.63, 3.8) is 0 Å². The predicted molar refractivity (Wildman–Crippen MR) is 99.7 cm³/mol. The van der Waals surface area contributed by atoms with Crippen molar-refractivity contribution in [1.29, 1.82) is 0 Å². The van der Waals surface area contributed by atoms with Crippen molar-refractivity contribution in [2.24, 2.45) is 0 Å². The van der Waals surface area contributed by atoms with Crippen LogP contribution in [-0.4, -0.2) is 41.7 Å². The van der Waals surface area contributed by atoms with Crippen molar-refractivity contribution in [3.8, 4) is 22.9 Å². The van der Waals surface area contributed by atoms with Crippen LogP contribution in [0.4, 0.5) is 0 Å². The highest BCUT2D eigenvalue weighted by atomic mass is 16.5. The lowest BCUT2D eigenvalue weighted by Gasteiger charge is -2.17. The number of hydrogen-bond acceptors (Lipinski definition) is 6. The highest BCUT2D eigenvalue weighted by Gasteiger charge is 2.19. The fraction of sp³-hybridized carbons (Fsp3) is 0.250. The van der Waals surface area contributed by atoms with Crippen LogP contribution in [0.3, 0.4) is 0 Å². The van der Waals surface area contributed by atoms with Gasteiger partial charge in [-0.3, -0.25) is 4.79 Å². The number of benzene rings is 2. The van der Waals surface area contributed by atoms with E-state index in [0.717, 1.165) is 11.3 Å². The van der Waals surface area contributed by atoms with Gasteiger partial charge in [0.1, 0.15) is 18.0 Å². The van der Waals surface area contributed by atoms with Gasteiger partial charge < -0.3 is 18.9 Å². The van der Waals surface area contributed by atoms with Gasteiger partial charge in [-0.15, -0.1) is 0 Å². The third-order valence-electron chi connectivity index (χ3n) is 3.95. The van der Waals surface area contributed by atoms with Crippen LogP contribution in [0.1, 0.15) is 23.2 Å². The molecule has 0 aliphatic rings. The molecule has 0 bridgehead atoms. The average Bonchev–Trinajstić information content (AvgIpc) is 3.16. The number of hydrogen-bond donors (Lipinski definition) is 0. The molecular formula is C20H21N3O4. The first-order chi connectivity index (χ1) is 13.1. The van der Waals surface area contributed by atoms with Gasteiger partial charge in [-0.05, 0) is 43.3 Å². The SMILES string of the molecule is CCOc1ccccc1C(=O)N(C)Cc1nc(-c2ccc(OC)cc2)no1. The minimum atomic E-state index is -0.178. The fourth-order valence-electron chi connectivity index (χ4n) is 2.58. The number of aromatic nitrogens is 2. The molecule has 1 aromatic heterocycles. The van der Waals surface area contributed by atoms with Crippen LogP contribution in [0.15, 0.2) is 53.1 Å². The maximum Gasteiger partial charge on any atom is 0.257 e. The molecule has 3 aromatic rings. The molecule has 140 valence electrons. The van der Waals surface area contributed by atoms with Crippen LogP contribution in [-0.2, 0) is 6.54 Å². The molecule has 0 saturated heterocycles. The molecule has 0 atom stereocenters. The number of nitrogens with zero attached hydrogens (tertiary/aromatic N) is 3. The number of carbonyl (C=O) groups is 1. The Bertz CT molecular complexity index is 906. The summed E-state index contributed by atoms with van der Waals surface area (Å²) < 4.78 is 16.0. The lowest BCUT2D eigenvalue weighted by atomic mass is 10.2. The number of methoxy groups -OCH3 is 1. The molecule has 1 heterocycles. The van der Waals surface area contributed by atoms with E-state index in [2.05, 4.69) is 10.1 Å². The monoisotopic (exact) mass is 367 g/mol. The van der Waals surface area contributed by atoms with Gasteiger partial charge in [0.15, 0.2) is 0 Å². The van der Waals surface area contributed by atoms with E-state index in [-0.39, 0.29) is 12.5 Å². The normalized spacial score (nSPS) is 10.5. The topological polar surface area (TPSA) is 77.7 Å². The first-order valence-electron chi connectivity index (χ1n) is 8.56. The zero-order chi connectivity index (χ0) is 19.2. The van der Waals surface area contributed by atoms with Gasteiger partial charge in [-0.2, -0.15) is 4.98 Å². The highest BCUT2D eigenvalue weighted by Crippen LogP contribution is 2.22. The zero-order valence-electron chi connectivity index (χ0n) is 15.5. The molecule has 3 rings (SSSR count). The lowest BCUT2D eigenvalue weighted by Crippen LogP contribution is -2.26. The van der Waals surface area contributed by atoms with E-state index in [1.54, 1.807) is 32.4 Å². The Labute approximate surface area is 157 Å². The van der Waals surface area contributed by atoms with E-state index >= 15 is 0 Å².